The van der Waals surface area contributed by atoms with Crippen LogP contribution in [0, 0.1) is 0 Å². The van der Waals surface area contributed by atoms with E-state index >= 15 is 0 Å². The number of aliphatic hydroxyl groups is 1. The third-order valence-corrected chi connectivity index (χ3v) is 3.43. The standard InChI is InChI=1S/C13H23N3O2/c1-9(2)13-15-14-12(18-13)8-16-6-4-5-11(16)7-10(3)17/h9-11,17H,4-8H2,1-3H3. The summed E-state index contributed by atoms with van der Waals surface area (Å²) in [4.78, 5) is 2.34. The number of hydrogen-bond donors (Lipinski definition) is 1. The summed E-state index contributed by atoms with van der Waals surface area (Å²) in [5.41, 5.74) is 0. The molecule has 5 nitrogen and oxygen atoms in total. The van der Waals surface area contributed by atoms with Crippen LogP contribution in [0.15, 0.2) is 4.42 Å². The summed E-state index contributed by atoms with van der Waals surface area (Å²) >= 11 is 0. The maximum Gasteiger partial charge on any atom is 0.230 e. The average Bonchev–Trinajstić information content (AvgIpc) is 2.89. The normalized spacial score (nSPS) is 22.8. The van der Waals surface area contributed by atoms with E-state index in [4.69, 9.17) is 4.42 Å². The van der Waals surface area contributed by atoms with Crippen molar-refractivity contribution in [2.75, 3.05) is 6.54 Å². The number of nitrogens with zero attached hydrogens (tertiary/aromatic N) is 3. The smallest absolute Gasteiger partial charge is 0.230 e. The second kappa shape index (κ2) is 5.80. The lowest BCUT2D eigenvalue weighted by Gasteiger charge is -2.23. The Hall–Kier alpha value is -0.940. The Morgan fingerprint density at radius 1 is 1.39 bits per heavy atom. The minimum Gasteiger partial charge on any atom is -0.424 e. The Morgan fingerprint density at radius 3 is 2.78 bits per heavy atom. The predicted molar refractivity (Wildman–Crippen MR) is 68.1 cm³/mol. The Kier molecular flexibility index (Phi) is 4.35. The van der Waals surface area contributed by atoms with Crippen molar-refractivity contribution < 1.29 is 9.52 Å². The molecule has 5 heteroatoms. The zero-order chi connectivity index (χ0) is 13.1. The van der Waals surface area contributed by atoms with Gasteiger partial charge in [-0.1, -0.05) is 13.8 Å². The number of aromatic nitrogens is 2. The third-order valence-electron chi connectivity index (χ3n) is 3.43. The first kappa shape index (κ1) is 13.5. The summed E-state index contributed by atoms with van der Waals surface area (Å²) in [6.45, 7) is 7.70. The van der Waals surface area contributed by atoms with Crippen LogP contribution in [0.1, 0.15) is 57.7 Å². The van der Waals surface area contributed by atoms with E-state index in [0.29, 0.717) is 24.4 Å². The predicted octanol–water partition coefficient (Wildman–Crippen LogP) is 1.93. The lowest BCUT2D eigenvalue weighted by Crippen LogP contribution is -2.31. The van der Waals surface area contributed by atoms with Crippen LogP contribution in [0.5, 0.6) is 0 Å². The van der Waals surface area contributed by atoms with Crippen LogP contribution in [0.4, 0.5) is 0 Å². The summed E-state index contributed by atoms with van der Waals surface area (Å²) < 4.78 is 5.63. The van der Waals surface area contributed by atoms with Gasteiger partial charge in [0.25, 0.3) is 0 Å². The van der Waals surface area contributed by atoms with Gasteiger partial charge in [-0.2, -0.15) is 0 Å². The fraction of sp³-hybridized carbons (Fsp3) is 0.846. The molecule has 1 aliphatic rings. The van der Waals surface area contributed by atoms with Gasteiger partial charge in [0.1, 0.15) is 0 Å². The molecule has 1 N–H and O–H groups in total. The van der Waals surface area contributed by atoms with Crippen LogP contribution in [0.25, 0.3) is 0 Å². The fourth-order valence-electron chi connectivity index (χ4n) is 2.50. The maximum absolute atomic E-state index is 9.50. The van der Waals surface area contributed by atoms with E-state index in [2.05, 4.69) is 15.1 Å². The number of aliphatic hydroxyl groups excluding tert-OH is 1. The molecule has 0 spiro atoms. The van der Waals surface area contributed by atoms with Gasteiger partial charge in [-0.3, -0.25) is 4.90 Å². The lowest BCUT2D eigenvalue weighted by molar-refractivity contribution is 0.125. The summed E-state index contributed by atoms with van der Waals surface area (Å²) in [5.74, 6) is 1.67. The third kappa shape index (κ3) is 3.29. The molecule has 1 saturated heterocycles. The van der Waals surface area contributed by atoms with Gasteiger partial charge in [0.05, 0.1) is 12.6 Å². The van der Waals surface area contributed by atoms with E-state index in [1.165, 1.54) is 6.42 Å². The average molecular weight is 253 g/mol. The molecule has 2 heterocycles. The molecule has 1 aromatic heterocycles. The SMILES string of the molecule is CC(O)CC1CCCN1Cc1nnc(C(C)C)o1. The van der Waals surface area contributed by atoms with E-state index in [1.807, 2.05) is 20.8 Å². The Morgan fingerprint density at radius 2 is 2.17 bits per heavy atom. The molecule has 1 aromatic rings. The van der Waals surface area contributed by atoms with Gasteiger partial charge in [0.15, 0.2) is 0 Å². The quantitative estimate of drug-likeness (QED) is 0.868. The lowest BCUT2D eigenvalue weighted by atomic mass is 10.1. The molecule has 0 bridgehead atoms. The minimum atomic E-state index is -0.246. The summed E-state index contributed by atoms with van der Waals surface area (Å²) in [5, 5.41) is 17.6. The molecule has 102 valence electrons. The number of hydrogen-bond acceptors (Lipinski definition) is 5. The Bertz CT molecular complexity index is 376. The molecule has 2 rings (SSSR count). The van der Waals surface area contributed by atoms with Crippen LogP contribution in [-0.2, 0) is 6.54 Å². The summed E-state index contributed by atoms with van der Waals surface area (Å²) in [6, 6.07) is 0.444. The molecule has 0 aliphatic carbocycles. The van der Waals surface area contributed by atoms with E-state index in [9.17, 15) is 5.11 Å². The molecule has 18 heavy (non-hydrogen) atoms. The van der Waals surface area contributed by atoms with E-state index in [-0.39, 0.29) is 12.0 Å². The topological polar surface area (TPSA) is 62.4 Å². The molecule has 0 saturated carbocycles. The highest BCUT2D eigenvalue weighted by atomic mass is 16.4. The number of rotatable bonds is 5. The van der Waals surface area contributed by atoms with Crippen molar-refractivity contribution in [3.05, 3.63) is 11.8 Å². The first-order valence-corrected chi connectivity index (χ1v) is 6.80. The van der Waals surface area contributed by atoms with Gasteiger partial charge in [0, 0.05) is 12.0 Å². The van der Waals surface area contributed by atoms with E-state index < -0.39 is 0 Å². The zero-order valence-corrected chi connectivity index (χ0v) is 11.5. The second-order valence-corrected chi connectivity index (χ2v) is 5.54. The molecule has 1 aliphatic heterocycles. The molecule has 2 atom stereocenters. The Balaban J connectivity index is 1.94. The highest BCUT2D eigenvalue weighted by molar-refractivity contribution is 4.89. The Labute approximate surface area is 108 Å². The largest absolute Gasteiger partial charge is 0.424 e. The highest BCUT2D eigenvalue weighted by Crippen LogP contribution is 2.23. The van der Waals surface area contributed by atoms with Gasteiger partial charge in [-0.15, -0.1) is 10.2 Å². The minimum absolute atomic E-state index is 0.246. The van der Waals surface area contributed by atoms with Crippen LogP contribution < -0.4 is 0 Å². The van der Waals surface area contributed by atoms with Crippen molar-refractivity contribution in [3.63, 3.8) is 0 Å². The van der Waals surface area contributed by atoms with Crippen molar-refractivity contribution in [1.82, 2.24) is 15.1 Å². The molecular formula is C13H23N3O2. The van der Waals surface area contributed by atoms with E-state index in [1.54, 1.807) is 0 Å². The monoisotopic (exact) mass is 253 g/mol. The first-order chi connectivity index (χ1) is 8.56. The van der Waals surface area contributed by atoms with Gasteiger partial charge < -0.3 is 9.52 Å². The molecule has 2 unspecified atom stereocenters. The van der Waals surface area contributed by atoms with Crippen molar-refractivity contribution >= 4 is 0 Å². The first-order valence-electron chi connectivity index (χ1n) is 6.80. The maximum atomic E-state index is 9.50. The van der Waals surface area contributed by atoms with Gasteiger partial charge in [-0.25, -0.2) is 0 Å². The fourth-order valence-corrected chi connectivity index (χ4v) is 2.50. The highest BCUT2D eigenvalue weighted by Gasteiger charge is 2.27. The second-order valence-electron chi connectivity index (χ2n) is 5.54. The van der Waals surface area contributed by atoms with Gasteiger partial charge in [0.2, 0.25) is 11.8 Å². The van der Waals surface area contributed by atoms with Crippen LogP contribution in [0.2, 0.25) is 0 Å². The molecule has 0 amide bonds. The molecular weight excluding hydrogens is 230 g/mol. The van der Waals surface area contributed by atoms with E-state index in [0.717, 1.165) is 19.4 Å². The molecule has 0 aromatic carbocycles. The van der Waals surface area contributed by atoms with Gasteiger partial charge >= 0.3 is 0 Å². The zero-order valence-electron chi connectivity index (χ0n) is 11.5. The van der Waals surface area contributed by atoms with Crippen LogP contribution in [-0.4, -0.2) is 38.9 Å². The van der Waals surface area contributed by atoms with Crippen LogP contribution >= 0.6 is 0 Å². The summed E-state index contributed by atoms with van der Waals surface area (Å²) in [6.07, 6.45) is 2.91. The van der Waals surface area contributed by atoms with Crippen molar-refractivity contribution in [2.24, 2.45) is 0 Å². The van der Waals surface area contributed by atoms with Crippen molar-refractivity contribution in [1.29, 1.82) is 0 Å². The molecule has 1 fully saturated rings. The molecule has 0 radical (unpaired) electrons. The van der Waals surface area contributed by atoms with Crippen LogP contribution in [0.3, 0.4) is 0 Å². The summed E-state index contributed by atoms with van der Waals surface area (Å²) in [7, 11) is 0. The van der Waals surface area contributed by atoms with Crippen molar-refractivity contribution in [3.8, 4) is 0 Å². The van der Waals surface area contributed by atoms with Gasteiger partial charge in [-0.05, 0) is 32.7 Å². The van der Waals surface area contributed by atoms with Crippen molar-refractivity contribution in [2.45, 2.75) is 64.6 Å². The number of likely N-dealkylation sites (tertiary alicyclic amines) is 1.